The van der Waals surface area contributed by atoms with Crippen LogP contribution in [-0.4, -0.2) is 6.54 Å². The van der Waals surface area contributed by atoms with E-state index < -0.39 is 0 Å². The summed E-state index contributed by atoms with van der Waals surface area (Å²) in [6.07, 6.45) is 4.76. The second-order valence-corrected chi connectivity index (χ2v) is 4.22. The zero-order chi connectivity index (χ0) is 13.3. The quantitative estimate of drug-likeness (QED) is 0.422. The monoisotopic (exact) mass is 249 g/mol. The highest BCUT2D eigenvalue weighted by Crippen LogP contribution is 2.11. The van der Waals surface area contributed by atoms with Crippen molar-refractivity contribution < 1.29 is 0 Å². The fourth-order valence-corrected chi connectivity index (χ4v) is 1.85. The zero-order valence-electron chi connectivity index (χ0n) is 10.6. The Balaban J connectivity index is 1.98. The Hall–Kier alpha value is -2.51. The maximum absolute atomic E-state index is 8.16. The number of azide groups is 1. The fraction of sp³-hybridized carbons (Fsp3) is 0.125. The summed E-state index contributed by atoms with van der Waals surface area (Å²) in [6, 6.07) is 18.8. The van der Waals surface area contributed by atoms with Crippen LogP contribution in [-0.2, 0) is 6.42 Å². The molecule has 0 bridgehead atoms. The Morgan fingerprint density at radius 2 is 1.63 bits per heavy atom. The van der Waals surface area contributed by atoms with Crippen molar-refractivity contribution in [3.05, 3.63) is 87.8 Å². The largest absolute Gasteiger partial charge is 0.0899 e. The first-order valence-electron chi connectivity index (χ1n) is 6.19. The van der Waals surface area contributed by atoms with E-state index in [1.807, 2.05) is 18.2 Å². The third kappa shape index (κ3) is 4.34. The molecule has 3 heteroatoms. The van der Waals surface area contributed by atoms with Gasteiger partial charge in [-0.2, -0.15) is 0 Å². The molecule has 0 saturated carbocycles. The van der Waals surface area contributed by atoms with Gasteiger partial charge < -0.3 is 0 Å². The molecule has 0 aliphatic rings. The van der Waals surface area contributed by atoms with Gasteiger partial charge in [-0.1, -0.05) is 71.9 Å². The molecule has 2 aromatic carbocycles. The zero-order valence-corrected chi connectivity index (χ0v) is 10.6. The van der Waals surface area contributed by atoms with E-state index in [9.17, 15) is 0 Å². The van der Waals surface area contributed by atoms with E-state index in [2.05, 4.69) is 58.6 Å². The van der Waals surface area contributed by atoms with Crippen molar-refractivity contribution >= 4 is 6.08 Å². The van der Waals surface area contributed by atoms with Crippen molar-refractivity contribution in [2.75, 3.05) is 6.54 Å². The summed E-state index contributed by atoms with van der Waals surface area (Å²) in [5.41, 5.74) is 11.9. The van der Waals surface area contributed by atoms with Gasteiger partial charge in [0, 0.05) is 11.5 Å². The number of rotatable bonds is 5. The highest BCUT2D eigenvalue weighted by molar-refractivity contribution is 5.50. The molecule has 0 unspecified atom stereocenters. The predicted molar refractivity (Wildman–Crippen MR) is 78.7 cm³/mol. The molecule has 19 heavy (non-hydrogen) atoms. The lowest BCUT2D eigenvalue weighted by molar-refractivity contribution is 1.19. The van der Waals surface area contributed by atoms with E-state index in [4.69, 9.17) is 5.53 Å². The summed E-state index contributed by atoms with van der Waals surface area (Å²) in [6.45, 7) is 0.391. The van der Waals surface area contributed by atoms with E-state index >= 15 is 0 Å². The summed E-state index contributed by atoms with van der Waals surface area (Å²) < 4.78 is 0. The van der Waals surface area contributed by atoms with Crippen LogP contribution in [0.25, 0.3) is 16.5 Å². The maximum Gasteiger partial charge on any atom is 0.0443 e. The molecular weight excluding hydrogens is 234 g/mol. The van der Waals surface area contributed by atoms with Crippen molar-refractivity contribution in [2.24, 2.45) is 5.11 Å². The molecule has 0 saturated heterocycles. The molecular formula is C16H15N3. The van der Waals surface area contributed by atoms with Gasteiger partial charge in [0.15, 0.2) is 0 Å². The molecule has 0 heterocycles. The first-order chi connectivity index (χ1) is 9.38. The Kier molecular flexibility index (Phi) is 4.79. The fourth-order valence-electron chi connectivity index (χ4n) is 1.85. The molecule has 3 nitrogen and oxygen atoms in total. The molecule has 94 valence electrons. The first kappa shape index (κ1) is 12.9. The van der Waals surface area contributed by atoms with Gasteiger partial charge in [-0.3, -0.25) is 0 Å². The number of nitrogens with zero attached hydrogens (tertiary/aromatic N) is 3. The molecule has 0 fully saturated rings. The average molecular weight is 249 g/mol. The van der Waals surface area contributed by atoms with Crippen molar-refractivity contribution in [2.45, 2.75) is 6.42 Å². The van der Waals surface area contributed by atoms with Gasteiger partial charge in [0.05, 0.1) is 0 Å². The average Bonchev–Trinajstić information content (AvgIpc) is 2.46. The lowest BCUT2D eigenvalue weighted by Crippen LogP contribution is -1.87. The summed E-state index contributed by atoms with van der Waals surface area (Å²) in [5, 5.41) is 3.45. The minimum Gasteiger partial charge on any atom is -0.0899 e. The third-order valence-electron chi connectivity index (χ3n) is 2.79. The van der Waals surface area contributed by atoms with E-state index in [0.717, 1.165) is 12.0 Å². The Bertz CT molecular complexity index is 579. The van der Waals surface area contributed by atoms with E-state index in [-0.39, 0.29) is 0 Å². The van der Waals surface area contributed by atoms with Crippen LogP contribution in [0.1, 0.15) is 16.7 Å². The topological polar surface area (TPSA) is 48.8 Å². The van der Waals surface area contributed by atoms with Gasteiger partial charge in [0.25, 0.3) is 0 Å². The summed E-state index contributed by atoms with van der Waals surface area (Å²) in [4.78, 5) is 2.70. The van der Waals surface area contributed by atoms with Crippen LogP contribution >= 0.6 is 0 Å². The van der Waals surface area contributed by atoms with Crippen LogP contribution in [0.5, 0.6) is 0 Å². The molecule has 0 aliphatic heterocycles. The highest BCUT2D eigenvalue weighted by atomic mass is 15.1. The molecule has 2 rings (SSSR count). The van der Waals surface area contributed by atoms with E-state index in [1.54, 1.807) is 0 Å². The smallest absolute Gasteiger partial charge is 0.0443 e. The molecule has 0 spiro atoms. The normalized spacial score (nSPS) is 10.3. The summed E-state index contributed by atoms with van der Waals surface area (Å²) in [5.74, 6) is 0. The van der Waals surface area contributed by atoms with Crippen molar-refractivity contribution in [1.82, 2.24) is 0 Å². The van der Waals surface area contributed by atoms with Crippen molar-refractivity contribution in [1.29, 1.82) is 0 Å². The van der Waals surface area contributed by atoms with Gasteiger partial charge in [0.1, 0.15) is 0 Å². The van der Waals surface area contributed by atoms with E-state index in [0.29, 0.717) is 6.54 Å². The number of hydrogen-bond donors (Lipinski definition) is 0. The van der Waals surface area contributed by atoms with Gasteiger partial charge in [-0.15, -0.1) is 0 Å². The first-order valence-corrected chi connectivity index (χ1v) is 6.19. The molecule has 0 atom stereocenters. The van der Waals surface area contributed by atoms with Crippen LogP contribution in [0, 0.1) is 0 Å². The van der Waals surface area contributed by atoms with Gasteiger partial charge in [-0.25, -0.2) is 0 Å². The van der Waals surface area contributed by atoms with Crippen LogP contribution in [0.15, 0.2) is 65.8 Å². The number of benzene rings is 2. The van der Waals surface area contributed by atoms with Gasteiger partial charge in [-0.05, 0) is 28.6 Å². The third-order valence-corrected chi connectivity index (χ3v) is 2.79. The van der Waals surface area contributed by atoms with Crippen LogP contribution in [0.4, 0.5) is 0 Å². The molecule has 2 aromatic rings. The van der Waals surface area contributed by atoms with Gasteiger partial charge >= 0.3 is 0 Å². The molecule has 0 amide bonds. The summed E-state index contributed by atoms with van der Waals surface area (Å²) >= 11 is 0. The SMILES string of the molecule is [N-]=[N+]=NCC=Cc1ccc(Cc2ccccc2)cc1. The van der Waals surface area contributed by atoms with Crippen molar-refractivity contribution in [3.8, 4) is 0 Å². The Morgan fingerprint density at radius 3 is 2.32 bits per heavy atom. The standard InChI is InChI=1S/C16H15N3/c17-19-18-12-4-7-14-8-10-16(11-9-14)13-15-5-2-1-3-6-15/h1-11H,12-13H2. The molecule has 0 aromatic heterocycles. The van der Waals surface area contributed by atoms with Crippen LogP contribution in [0.2, 0.25) is 0 Å². The van der Waals surface area contributed by atoms with Crippen molar-refractivity contribution in [3.63, 3.8) is 0 Å². The predicted octanol–water partition coefficient (Wildman–Crippen LogP) is 4.60. The minimum absolute atomic E-state index is 0.391. The van der Waals surface area contributed by atoms with Crippen LogP contribution < -0.4 is 0 Å². The Morgan fingerprint density at radius 1 is 0.947 bits per heavy atom. The van der Waals surface area contributed by atoms with Gasteiger partial charge in [0.2, 0.25) is 0 Å². The maximum atomic E-state index is 8.16. The number of hydrogen-bond acceptors (Lipinski definition) is 1. The lowest BCUT2D eigenvalue weighted by atomic mass is 10.0. The Labute approximate surface area is 112 Å². The molecule has 0 aliphatic carbocycles. The minimum atomic E-state index is 0.391. The second kappa shape index (κ2) is 7.04. The van der Waals surface area contributed by atoms with Crippen LogP contribution in [0.3, 0.4) is 0 Å². The summed E-state index contributed by atoms with van der Waals surface area (Å²) in [7, 11) is 0. The van der Waals surface area contributed by atoms with E-state index in [1.165, 1.54) is 11.1 Å². The highest BCUT2D eigenvalue weighted by Gasteiger charge is 1.95. The lowest BCUT2D eigenvalue weighted by Gasteiger charge is -2.02. The molecule has 0 N–H and O–H groups in total. The molecule has 0 radical (unpaired) electrons. The second-order valence-electron chi connectivity index (χ2n) is 4.22.